The molecule has 110 valence electrons. The Morgan fingerprint density at radius 3 is 2.55 bits per heavy atom. The van der Waals surface area contributed by atoms with Crippen molar-refractivity contribution in [3.05, 3.63) is 29.6 Å². The Bertz CT molecular complexity index is 471. The number of carbonyl (C=O) groups is 1. The molecule has 1 unspecified atom stereocenters. The van der Waals surface area contributed by atoms with Gasteiger partial charge in [-0.3, -0.25) is 10.1 Å². The maximum absolute atomic E-state index is 13.3. The molecule has 1 aromatic rings. The van der Waals surface area contributed by atoms with Crippen molar-refractivity contribution in [3.63, 3.8) is 0 Å². The highest BCUT2D eigenvalue weighted by atomic mass is 19.1. The zero-order valence-electron chi connectivity index (χ0n) is 11.4. The van der Waals surface area contributed by atoms with E-state index in [0.29, 0.717) is 0 Å². The molecule has 0 bridgehead atoms. The SMILES string of the molecule is NC(=O)C(NC1CCCCCC1)c1cc(F)ccc1O. The molecular formula is C15H21FN2O2. The Balaban J connectivity index is 2.17. The summed E-state index contributed by atoms with van der Waals surface area (Å²) in [5, 5.41) is 13.0. The lowest BCUT2D eigenvalue weighted by atomic mass is 10.0. The summed E-state index contributed by atoms with van der Waals surface area (Å²) in [6.07, 6.45) is 6.56. The number of halogens is 1. The Hall–Kier alpha value is -1.62. The molecular weight excluding hydrogens is 259 g/mol. The van der Waals surface area contributed by atoms with Crippen molar-refractivity contribution in [2.24, 2.45) is 5.73 Å². The van der Waals surface area contributed by atoms with Crippen LogP contribution in [-0.2, 0) is 4.79 Å². The fraction of sp³-hybridized carbons (Fsp3) is 0.533. The van der Waals surface area contributed by atoms with Crippen LogP contribution < -0.4 is 11.1 Å². The molecule has 0 radical (unpaired) electrons. The van der Waals surface area contributed by atoms with E-state index in [0.717, 1.165) is 37.8 Å². The second-order valence-corrected chi connectivity index (χ2v) is 5.39. The molecule has 1 aliphatic carbocycles. The second kappa shape index (κ2) is 6.70. The highest BCUT2D eigenvalue weighted by Crippen LogP contribution is 2.27. The first kappa shape index (κ1) is 14.8. The van der Waals surface area contributed by atoms with E-state index in [1.165, 1.54) is 18.9 Å². The molecule has 0 heterocycles. The largest absolute Gasteiger partial charge is 0.508 e. The molecule has 1 aromatic carbocycles. The number of aromatic hydroxyl groups is 1. The van der Waals surface area contributed by atoms with Crippen molar-refractivity contribution >= 4 is 5.91 Å². The fourth-order valence-corrected chi connectivity index (χ4v) is 2.76. The zero-order valence-corrected chi connectivity index (χ0v) is 11.4. The average Bonchev–Trinajstić information content (AvgIpc) is 2.67. The van der Waals surface area contributed by atoms with Crippen LogP contribution in [0.25, 0.3) is 0 Å². The second-order valence-electron chi connectivity index (χ2n) is 5.39. The number of primary amides is 1. The van der Waals surface area contributed by atoms with Gasteiger partial charge >= 0.3 is 0 Å². The van der Waals surface area contributed by atoms with E-state index in [9.17, 15) is 14.3 Å². The standard InChI is InChI=1S/C15H21FN2O2/c16-10-7-8-13(19)12(9-10)14(15(17)20)18-11-5-3-1-2-4-6-11/h7-9,11,14,18-19H,1-6H2,(H2,17,20). The quantitative estimate of drug-likeness (QED) is 0.741. The third kappa shape index (κ3) is 3.70. The van der Waals surface area contributed by atoms with Crippen molar-refractivity contribution in [1.29, 1.82) is 0 Å². The zero-order chi connectivity index (χ0) is 14.5. The average molecular weight is 280 g/mol. The molecule has 4 nitrogen and oxygen atoms in total. The summed E-state index contributed by atoms with van der Waals surface area (Å²) < 4.78 is 13.3. The van der Waals surface area contributed by atoms with E-state index in [2.05, 4.69) is 5.32 Å². The molecule has 5 heteroatoms. The van der Waals surface area contributed by atoms with E-state index >= 15 is 0 Å². The summed E-state index contributed by atoms with van der Waals surface area (Å²) in [5.74, 6) is -1.21. The summed E-state index contributed by atoms with van der Waals surface area (Å²) in [6, 6.07) is 2.89. The van der Waals surface area contributed by atoms with Crippen LogP contribution >= 0.6 is 0 Å². The Labute approximate surface area is 118 Å². The van der Waals surface area contributed by atoms with E-state index in [1.807, 2.05) is 0 Å². The maximum Gasteiger partial charge on any atom is 0.239 e. The van der Waals surface area contributed by atoms with Crippen LogP contribution in [-0.4, -0.2) is 17.1 Å². The van der Waals surface area contributed by atoms with Gasteiger partial charge in [0.2, 0.25) is 5.91 Å². The molecule has 1 aliphatic rings. The summed E-state index contributed by atoms with van der Waals surface area (Å²) >= 11 is 0. The minimum Gasteiger partial charge on any atom is -0.508 e. The van der Waals surface area contributed by atoms with Crippen LogP contribution in [0.15, 0.2) is 18.2 Å². The highest BCUT2D eigenvalue weighted by molar-refractivity contribution is 5.82. The molecule has 20 heavy (non-hydrogen) atoms. The molecule has 1 fully saturated rings. The molecule has 1 atom stereocenters. The van der Waals surface area contributed by atoms with Crippen LogP contribution in [0.2, 0.25) is 0 Å². The first-order chi connectivity index (χ1) is 9.58. The van der Waals surface area contributed by atoms with Crippen LogP contribution in [0.4, 0.5) is 4.39 Å². The van der Waals surface area contributed by atoms with Gasteiger partial charge in [0.05, 0.1) is 0 Å². The molecule has 0 spiro atoms. The van der Waals surface area contributed by atoms with Gasteiger partial charge in [0.25, 0.3) is 0 Å². The summed E-state index contributed by atoms with van der Waals surface area (Å²) in [5.41, 5.74) is 5.62. The molecule has 2 rings (SSSR count). The van der Waals surface area contributed by atoms with E-state index in [4.69, 9.17) is 5.73 Å². The van der Waals surface area contributed by atoms with Gasteiger partial charge in [-0.25, -0.2) is 4.39 Å². The lowest BCUT2D eigenvalue weighted by molar-refractivity contribution is -0.120. The summed E-state index contributed by atoms with van der Waals surface area (Å²) in [7, 11) is 0. The number of rotatable bonds is 4. The third-order valence-electron chi connectivity index (χ3n) is 3.84. The van der Waals surface area contributed by atoms with E-state index in [1.54, 1.807) is 0 Å². The van der Waals surface area contributed by atoms with Crippen molar-refractivity contribution < 1.29 is 14.3 Å². The lowest BCUT2D eigenvalue weighted by Crippen LogP contribution is -2.40. The predicted octanol–water partition coefficient (Wildman–Crippen LogP) is 2.37. The number of hydrogen-bond acceptors (Lipinski definition) is 3. The van der Waals surface area contributed by atoms with Gasteiger partial charge in [0.1, 0.15) is 17.6 Å². The normalized spacial score (nSPS) is 18.4. The first-order valence-corrected chi connectivity index (χ1v) is 7.11. The topological polar surface area (TPSA) is 75.4 Å². The van der Waals surface area contributed by atoms with Crippen LogP contribution in [0.1, 0.15) is 50.1 Å². The van der Waals surface area contributed by atoms with Crippen LogP contribution in [0.3, 0.4) is 0 Å². The van der Waals surface area contributed by atoms with Gasteiger partial charge in [0.15, 0.2) is 0 Å². The molecule has 0 aliphatic heterocycles. The van der Waals surface area contributed by atoms with E-state index in [-0.39, 0.29) is 17.4 Å². The number of phenols is 1. The van der Waals surface area contributed by atoms with Crippen molar-refractivity contribution in [2.75, 3.05) is 0 Å². The number of nitrogens with two attached hydrogens (primary N) is 1. The molecule has 0 saturated heterocycles. The Kier molecular flexibility index (Phi) is 4.95. The molecule has 1 saturated carbocycles. The van der Waals surface area contributed by atoms with Crippen molar-refractivity contribution in [3.8, 4) is 5.75 Å². The predicted molar refractivity (Wildman–Crippen MR) is 74.6 cm³/mol. The number of hydrogen-bond donors (Lipinski definition) is 3. The summed E-state index contributed by atoms with van der Waals surface area (Å²) in [6.45, 7) is 0. The first-order valence-electron chi connectivity index (χ1n) is 7.11. The van der Waals surface area contributed by atoms with Gasteiger partial charge in [-0.2, -0.15) is 0 Å². The number of nitrogens with one attached hydrogen (secondary N) is 1. The molecule has 0 aromatic heterocycles. The molecule has 4 N–H and O–H groups in total. The number of carbonyl (C=O) groups excluding carboxylic acids is 1. The third-order valence-corrected chi connectivity index (χ3v) is 3.84. The minimum atomic E-state index is -0.853. The monoisotopic (exact) mass is 280 g/mol. The molecule has 1 amide bonds. The van der Waals surface area contributed by atoms with Crippen molar-refractivity contribution in [2.45, 2.75) is 50.6 Å². The number of phenolic OH excluding ortho intramolecular Hbond substituents is 1. The Morgan fingerprint density at radius 1 is 1.30 bits per heavy atom. The minimum absolute atomic E-state index is 0.115. The van der Waals surface area contributed by atoms with Crippen LogP contribution in [0.5, 0.6) is 5.75 Å². The number of benzene rings is 1. The van der Waals surface area contributed by atoms with Gasteiger partial charge in [-0.15, -0.1) is 0 Å². The smallest absolute Gasteiger partial charge is 0.239 e. The van der Waals surface area contributed by atoms with Crippen LogP contribution in [0, 0.1) is 5.82 Å². The van der Waals surface area contributed by atoms with Crippen molar-refractivity contribution in [1.82, 2.24) is 5.32 Å². The maximum atomic E-state index is 13.3. The van der Waals surface area contributed by atoms with Gasteiger partial charge in [-0.1, -0.05) is 25.7 Å². The fourth-order valence-electron chi connectivity index (χ4n) is 2.76. The van der Waals surface area contributed by atoms with Gasteiger partial charge < -0.3 is 10.8 Å². The van der Waals surface area contributed by atoms with Gasteiger partial charge in [0, 0.05) is 11.6 Å². The Morgan fingerprint density at radius 2 is 1.95 bits per heavy atom. The summed E-state index contributed by atoms with van der Waals surface area (Å²) in [4.78, 5) is 11.6. The number of amides is 1. The van der Waals surface area contributed by atoms with E-state index < -0.39 is 17.8 Å². The lowest BCUT2D eigenvalue weighted by Gasteiger charge is -2.23. The highest BCUT2D eigenvalue weighted by Gasteiger charge is 2.25. The van der Waals surface area contributed by atoms with Gasteiger partial charge in [-0.05, 0) is 31.0 Å².